The van der Waals surface area contributed by atoms with E-state index < -0.39 is 11.5 Å². The highest BCUT2D eigenvalue weighted by Crippen LogP contribution is 2.18. The maximum Gasteiger partial charge on any atom is 0.255 e. The van der Waals surface area contributed by atoms with Crippen molar-refractivity contribution in [3.63, 3.8) is 0 Å². The Morgan fingerprint density at radius 1 is 1.48 bits per heavy atom. The molecule has 3 N–H and O–H groups in total. The monoisotopic (exact) mass is 339 g/mol. The maximum absolute atomic E-state index is 12.6. The number of amides is 1. The topological polar surface area (TPSA) is 85.5 Å². The molecule has 1 aliphatic heterocycles. The van der Waals surface area contributed by atoms with Gasteiger partial charge >= 0.3 is 0 Å². The Morgan fingerprint density at radius 2 is 2.16 bits per heavy atom. The predicted molar refractivity (Wildman–Crippen MR) is 104 cm³/mol. The molecule has 0 aromatic carbocycles. The zero-order valence-electron chi connectivity index (χ0n) is 15.0. The first-order valence-electron chi connectivity index (χ1n) is 7.89. The average molecular weight is 339 g/mol. The number of aliphatic imine (C=N–C) groups is 1. The predicted octanol–water partition coefficient (Wildman–Crippen LogP) is 3.03. The molecule has 0 unspecified atom stereocenters. The number of hydrogen-bond donors (Lipinski definition) is 3. The zero-order valence-corrected chi connectivity index (χ0v) is 15.0. The molecule has 5 heteroatoms. The van der Waals surface area contributed by atoms with E-state index >= 15 is 0 Å². The van der Waals surface area contributed by atoms with Crippen LogP contribution in [-0.2, 0) is 4.79 Å². The van der Waals surface area contributed by atoms with Crippen LogP contribution in [0.5, 0.6) is 0 Å². The number of aliphatic hydroxyl groups is 1. The van der Waals surface area contributed by atoms with Crippen molar-refractivity contribution in [3.05, 3.63) is 72.0 Å². The van der Waals surface area contributed by atoms with E-state index in [4.69, 9.17) is 5.41 Å². The molecule has 0 fully saturated rings. The molecule has 0 radical (unpaired) electrons. The van der Waals surface area contributed by atoms with Crippen LogP contribution in [0.15, 0.2) is 77.0 Å². The van der Waals surface area contributed by atoms with Crippen LogP contribution in [0.25, 0.3) is 0 Å². The van der Waals surface area contributed by atoms with Gasteiger partial charge in [0.2, 0.25) is 0 Å². The van der Waals surface area contributed by atoms with Gasteiger partial charge in [0.15, 0.2) is 0 Å². The molecule has 0 aromatic rings. The largest absolute Gasteiger partial charge is 0.386 e. The molecule has 0 aromatic heterocycles. The molecule has 1 rings (SSSR count). The fraction of sp³-hybridized carbons (Fsp3) is 0.250. The van der Waals surface area contributed by atoms with Gasteiger partial charge in [-0.2, -0.15) is 0 Å². The molecule has 1 aliphatic rings. The lowest BCUT2D eigenvalue weighted by molar-refractivity contribution is -0.116. The van der Waals surface area contributed by atoms with Crippen LogP contribution in [-0.4, -0.2) is 35.1 Å². The fourth-order valence-electron chi connectivity index (χ4n) is 2.13. The minimum absolute atomic E-state index is 0.134. The van der Waals surface area contributed by atoms with Crippen molar-refractivity contribution in [1.82, 2.24) is 5.32 Å². The summed E-state index contributed by atoms with van der Waals surface area (Å²) in [5.74, 6) is -0.421. The van der Waals surface area contributed by atoms with E-state index in [1.165, 1.54) is 12.3 Å². The summed E-state index contributed by atoms with van der Waals surface area (Å²) in [6.45, 7) is 12.8. The van der Waals surface area contributed by atoms with Gasteiger partial charge in [-0.05, 0) is 38.0 Å². The SMILES string of the molecule is C=C/C1=C(\C(=N)C(=C)/C=C\C)CN=CC=CC(C(C)(C)O)=CNC1=O. The molecule has 0 saturated heterocycles. The Kier molecular flexibility index (Phi) is 7.21. The number of allylic oxidation sites excluding steroid dienone is 4. The van der Waals surface area contributed by atoms with E-state index in [1.807, 2.05) is 6.92 Å². The Bertz CT molecular complexity index is 727. The lowest BCUT2D eigenvalue weighted by atomic mass is 9.97. The van der Waals surface area contributed by atoms with Crippen LogP contribution < -0.4 is 5.32 Å². The summed E-state index contributed by atoms with van der Waals surface area (Å²) < 4.78 is 0. The molecule has 1 amide bonds. The summed E-state index contributed by atoms with van der Waals surface area (Å²) in [5.41, 5.74) is 0.696. The molecule has 132 valence electrons. The Morgan fingerprint density at radius 3 is 2.72 bits per heavy atom. The van der Waals surface area contributed by atoms with Gasteiger partial charge in [0.25, 0.3) is 5.91 Å². The van der Waals surface area contributed by atoms with Crippen molar-refractivity contribution >= 4 is 17.8 Å². The first-order chi connectivity index (χ1) is 11.7. The number of carbonyl (C=O) groups excluding carboxylic acids is 1. The minimum atomic E-state index is -1.13. The standard InChI is InChI=1S/C20H25N3O2/c1-6-9-14(3)18(21)17-13-22-11-8-10-15(20(4,5)25)12-23-19(24)16(17)7-2/h6-12,21,25H,2-3,13H2,1,4-5H3,(H,23,24)/b9-6-,10-8?,15-12?,17-16+,21-18?,22-11?. The lowest BCUT2D eigenvalue weighted by Crippen LogP contribution is -2.27. The number of hydrogen-bond acceptors (Lipinski definition) is 4. The van der Waals surface area contributed by atoms with Crippen molar-refractivity contribution in [2.45, 2.75) is 26.4 Å². The highest BCUT2D eigenvalue weighted by molar-refractivity contribution is 6.17. The molecule has 0 spiro atoms. The van der Waals surface area contributed by atoms with Gasteiger partial charge in [-0.25, -0.2) is 0 Å². The number of nitrogens with zero attached hydrogens (tertiary/aromatic N) is 1. The quantitative estimate of drug-likeness (QED) is 0.531. The molecule has 25 heavy (non-hydrogen) atoms. The summed E-state index contributed by atoms with van der Waals surface area (Å²) >= 11 is 0. The molecule has 5 nitrogen and oxygen atoms in total. The first-order valence-corrected chi connectivity index (χ1v) is 7.89. The highest BCUT2D eigenvalue weighted by Gasteiger charge is 2.20. The third-order valence-corrected chi connectivity index (χ3v) is 3.55. The van der Waals surface area contributed by atoms with Gasteiger partial charge in [0.1, 0.15) is 0 Å². The summed E-state index contributed by atoms with van der Waals surface area (Å²) in [6.07, 6.45) is 11.3. The van der Waals surface area contributed by atoms with Gasteiger partial charge in [0, 0.05) is 23.6 Å². The van der Waals surface area contributed by atoms with Crippen molar-refractivity contribution in [2.24, 2.45) is 4.99 Å². The Balaban J connectivity index is 3.40. The number of rotatable bonds is 5. The van der Waals surface area contributed by atoms with Crippen LogP contribution in [0.3, 0.4) is 0 Å². The van der Waals surface area contributed by atoms with Crippen LogP contribution in [0, 0.1) is 5.41 Å². The zero-order chi connectivity index (χ0) is 19.0. The minimum Gasteiger partial charge on any atom is -0.386 e. The average Bonchev–Trinajstić information content (AvgIpc) is 2.57. The van der Waals surface area contributed by atoms with Gasteiger partial charge in [0.05, 0.1) is 17.9 Å². The first kappa shape index (κ1) is 20.3. The van der Waals surface area contributed by atoms with Gasteiger partial charge in [-0.15, -0.1) is 0 Å². The highest BCUT2D eigenvalue weighted by atomic mass is 16.3. The molecule has 0 aliphatic carbocycles. The van der Waals surface area contributed by atoms with E-state index in [-0.39, 0.29) is 17.8 Å². The third kappa shape index (κ3) is 5.65. The van der Waals surface area contributed by atoms with Crippen LogP contribution in [0.1, 0.15) is 20.8 Å². The summed E-state index contributed by atoms with van der Waals surface area (Å²) in [6, 6.07) is 0. The van der Waals surface area contributed by atoms with Crippen LogP contribution in [0.4, 0.5) is 0 Å². The van der Waals surface area contributed by atoms with E-state index in [9.17, 15) is 9.90 Å². The molecule has 0 atom stereocenters. The normalized spacial score (nSPS) is 19.2. The number of nitrogens with one attached hydrogen (secondary N) is 2. The van der Waals surface area contributed by atoms with E-state index in [1.54, 1.807) is 44.4 Å². The second kappa shape index (κ2) is 8.89. The second-order valence-electron chi connectivity index (χ2n) is 5.98. The summed E-state index contributed by atoms with van der Waals surface area (Å²) in [4.78, 5) is 16.8. The smallest absolute Gasteiger partial charge is 0.255 e. The number of carbonyl (C=O) groups is 1. The van der Waals surface area contributed by atoms with Crippen LogP contribution >= 0.6 is 0 Å². The molecule has 0 saturated carbocycles. The molecular weight excluding hydrogens is 314 g/mol. The van der Waals surface area contributed by atoms with Gasteiger partial charge in [-0.1, -0.05) is 37.5 Å². The second-order valence-corrected chi connectivity index (χ2v) is 5.98. The maximum atomic E-state index is 12.6. The van der Waals surface area contributed by atoms with E-state index in [0.29, 0.717) is 16.7 Å². The van der Waals surface area contributed by atoms with Crippen LogP contribution in [0.2, 0.25) is 0 Å². The summed E-state index contributed by atoms with van der Waals surface area (Å²) in [7, 11) is 0. The molecule has 0 bridgehead atoms. The Hall–Kier alpha value is -2.79. The lowest BCUT2D eigenvalue weighted by Gasteiger charge is -2.19. The van der Waals surface area contributed by atoms with Gasteiger partial charge < -0.3 is 10.4 Å². The van der Waals surface area contributed by atoms with E-state index in [0.717, 1.165) is 0 Å². The van der Waals surface area contributed by atoms with Crippen molar-refractivity contribution in [3.8, 4) is 0 Å². The van der Waals surface area contributed by atoms with Crippen molar-refractivity contribution in [2.75, 3.05) is 6.54 Å². The van der Waals surface area contributed by atoms with Gasteiger partial charge in [-0.3, -0.25) is 15.2 Å². The molecular formula is C20H25N3O2. The summed E-state index contributed by atoms with van der Waals surface area (Å²) in [5, 5.41) is 21.1. The van der Waals surface area contributed by atoms with Crippen molar-refractivity contribution in [1.29, 1.82) is 5.41 Å². The van der Waals surface area contributed by atoms with Crippen molar-refractivity contribution < 1.29 is 9.90 Å². The molecule has 1 heterocycles. The van der Waals surface area contributed by atoms with E-state index in [2.05, 4.69) is 23.5 Å². The Labute approximate surface area is 149 Å². The third-order valence-electron chi connectivity index (χ3n) is 3.55. The fourth-order valence-corrected chi connectivity index (χ4v) is 2.13.